The summed E-state index contributed by atoms with van der Waals surface area (Å²) in [6.45, 7) is 3.32. The number of nitrogens with zero attached hydrogens (tertiary/aromatic N) is 5. The third kappa shape index (κ3) is 3.52. The average molecular weight is 264 g/mol. The van der Waals surface area contributed by atoms with Gasteiger partial charge in [0, 0.05) is 12.7 Å². The summed E-state index contributed by atoms with van der Waals surface area (Å²) in [5.41, 5.74) is 3.48. The topological polar surface area (TPSA) is 116 Å². The Hall–Kier alpha value is -2.42. The predicted octanol–water partition coefficient (Wildman–Crippen LogP) is -0.217. The first-order valence-corrected chi connectivity index (χ1v) is 5.71. The van der Waals surface area contributed by atoms with Crippen molar-refractivity contribution in [1.82, 2.24) is 24.7 Å². The standard InChI is InChI=1S/C10H16N8O/c1-7-5-13-18(6-7)4-3-12-8-14-9(17-11)16-10(15-8)19-2/h5-6H,3-4,11H2,1-2H3,(H2,12,14,15,16,17). The first kappa shape index (κ1) is 13.0. The zero-order valence-electron chi connectivity index (χ0n) is 10.8. The van der Waals surface area contributed by atoms with E-state index < -0.39 is 0 Å². The summed E-state index contributed by atoms with van der Waals surface area (Å²) in [5.74, 6) is 5.90. The summed E-state index contributed by atoms with van der Waals surface area (Å²) in [7, 11) is 1.48. The van der Waals surface area contributed by atoms with Crippen molar-refractivity contribution in [3.8, 4) is 6.01 Å². The van der Waals surface area contributed by atoms with Gasteiger partial charge in [0.25, 0.3) is 0 Å². The van der Waals surface area contributed by atoms with Gasteiger partial charge >= 0.3 is 6.01 Å². The van der Waals surface area contributed by atoms with Gasteiger partial charge in [-0.1, -0.05) is 0 Å². The molecule has 0 bridgehead atoms. The first-order valence-electron chi connectivity index (χ1n) is 5.71. The number of methoxy groups -OCH3 is 1. The molecule has 2 heterocycles. The minimum Gasteiger partial charge on any atom is -0.467 e. The minimum atomic E-state index is 0.195. The normalized spacial score (nSPS) is 10.3. The van der Waals surface area contributed by atoms with Gasteiger partial charge in [-0.2, -0.15) is 20.1 Å². The van der Waals surface area contributed by atoms with Crippen LogP contribution in [0.1, 0.15) is 5.56 Å². The molecule has 19 heavy (non-hydrogen) atoms. The number of anilines is 2. The molecule has 102 valence electrons. The Morgan fingerprint density at radius 2 is 2.11 bits per heavy atom. The van der Waals surface area contributed by atoms with E-state index in [4.69, 9.17) is 10.6 Å². The summed E-state index contributed by atoms with van der Waals surface area (Å²) in [5, 5.41) is 7.23. The number of nitrogens with one attached hydrogen (secondary N) is 2. The van der Waals surface area contributed by atoms with Gasteiger partial charge in [-0.3, -0.25) is 10.1 Å². The molecule has 9 nitrogen and oxygen atoms in total. The van der Waals surface area contributed by atoms with E-state index in [9.17, 15) is 0 Å². The number of aromatic nitrogens is 5. The van der Waals surface area contributed by atoms with Crippen molar-refractivity contribution in [1.29, 1.82) is 0 Å². The van der Waals surface area contributed by atoms with Crippen molar-refractivity contribution in [2.75, 3.05) is 24.4 Å². The molecule has 0 amide bonds. The molecule has 0 saturated carbocycles. The van der Waals surface area contributed by atoms with Crippen LogP contribution in [-0.4, -0.2) is 38.4 Å². The lowest BCUT2D eigenvalue weighted by Gasteiger charge is -2.07. The predicted molar refractivity (Wildman–Crippen MR) is 69.6 cm³/mol. The molecule has 0 unspecified atom stereocenters. The second-order valence-corrected chi connectivity index (χ2v) is 3.82. The number of hydrogen-bond acceptors (Lipinski definition) is 8. The van der Waals surface area contributed by atoms with E-state index >= 15 is 0 Å². The van der Waals surface area contributed by atoms with Gasteiger partial charge in [0.1, 0.15) is 0 Å². The molecule has 0 aliphatic heterocycles. The molecule has 0 atom stereocenters. The Labute approximate surface area is 110 Å². The smallest absolute Gasteiger partial charge is 0.322 e. The Bertz CT molecular complexity index is 518. The van der Waals surface area contributed by atoms with Crippen LogP contribution in [0.15, 0.2) is 12.4 Å². The SMILES string of the molecule is COc1nc(NN)nc(NCCn2cc(C)cn2)n1. The molecule has 9 heteroatoms. The molecule has 0 radical (unpaired) electrons. The van der Waals surface area contributed by atoms with Crippen molar-refractivity contribution in [3.63, 3.8) is 0 Å². The number of hydrogen-bond donors (Lipinski definition) is 3. The third-order valence-electron chi connectivity index (χ3n) is 2.31. The third-order valence-corrected chi connectivity index (χ3v) is 2.31. The molecular weight excluding hydrogens is 248 g/mol. The second kappa shape index (κ2) is 5.96. The van der Waals surface area contributed by atoms with Crippen molar-refractivity contribution in [3.05, 3.63) is 18.0 Å². The molecule has 2 aromatic heterocycles. The van der Waals surface area contributed by atoms with Crippen LogP contribution in [0.2, 0.25) is 0 Å². The van der Waals surface area contributed by atoms with E-state index in [0.29, 0.717) is 19.0 Å². The fourth-order valence-electron chi connectivity index (χ4n) is 1.46. The van der Waals surface area contributed by atoms with Crippen molar-refractivity contribution >= 4 is 11.9 Å². The van der Waals surface area contributed by atoms with E-state index in [0.717, 1.165) is 5.56 Å². The van der Waals surface area contributed by atoms with Gasteiger partial charge in [-0.05, 0) is 12.5 Å². The van der Waals surface area contributed by atoms with Gasteiger partial charge < -0.3 is 10.1 Å². The molecule has 0 saturated heterocycles. The van der Waals surface area contributed by atoms with E-state index in [1.807, 2.05) is 24.0 Å². The lowest BCUT2D eigenvalue weighted by Crippen LogP contribution is -2.16. The van der Waals surface area contributed by atoms with Crippen LogP contribution < -0.4 is 21.3 Å². The van der Waals surface area contributed by atoms with Gasteiger partial charge in [0.05, 0.1) is 19.9 Å². The van der Waals surface area contributed by atoms with E-state index in [1.54, 1.807) is 0 Å². The van der Waals surface area contributed by atoms with Crippen molar-refractivity contribution < 1.29 is 4.74 Å². The zero-order valence-corrected chi connectivity index (χ0v) is 10.8. The molecular formula is C10H16N8O. The molecule has 0 aliphatic carbocycles. The molecule has 4 N–H and O–H groups in total. The van der Waals surface area contributed by atoms with Crippen LogP contribution in [0.25, 0.3) is 0 Å². The van der Waals surface area contributed by atoms with Gasteiger partial charge in [0.2, 0.25) is 11.9 Å². The lowest BCUT2D eigenvalue weighted by molar-refractivity contribution is 0.379. The van der Waals surface area contributed by atoms with Crippen LogP contribution >= 0.6 is 0 Å². The summed E-state index contributed by atoms with van der Waals surface area (Å²) < 4.78 is 6.79. The molecule has 0 aliphatic rings. The number of rotatable bonds is 6. The summed E-state index contributed by atoms with van der Waals surface area (Å²) >= 11 is 0. The van der Waals surface area contributed by atoms with E-state index in [2.05, 4.69) is 30.8 Å². The van der Waals surface area contributed by atoms with Crippen LogP contribution in [0.4, 0.5) is 11.9 Å². The molecule has 2 aromatic rings. The minimum absolute atomic E-state index is 0.195. The maximum absolute atomic E-state index is 5.26. The highest BCUT2D eigenvalue weighted by atomic mass is 16.5. The summed E-state index contributed by atoms with van der Waals surface area (Å²) in [4.78, 5) is 12.0. The molecule has 0 spiro atoms. The van der Waals surface area contributed by atoms with Crippen LogP contribution in [0, 0.1) is 6.92 Å². The second-order valence-electron chi connectivity index (χ2n) is 3.82. The number of nitrogens with two attached hydrogens (primary N) is 1. The quantitative estimate of drug-likeness (QED) is 0.484. The van der Waals surface area contributed by atoms with Crippen LogP contribution in [-0.2, 0) is 6.54 Å². The van der Waals surface area contributed by atoms with E-state index in [-0.39, 0.29) is 12.0 Å². The average Bonchev–Trinajstić information content (AvgIpc) is 2.84. The monoisotopic (exact) mass is 264 g/mol. The summed E-state index contributed by atoms with van der Waals surface area (Å²) in [6.07, 6.45) is 3.77. The molecule has 0 fully saturated rings. The maximum Gasteiger partial charge on any atom is 0.322 e. The Balaban J connectivity index is 1.95. The van der Waals surface area contributed by atoms with Gasteiger partial charge in [0.15, 0.2) is 0 Å². The van der Waals surface area contributed by atoms with Crippen molar-refractivity contribution in [2.24, 2.45) is 5.84 Å². The van der Waals surface area contributed by atoms with E-state index in [1.165, 1.54) is 7.11 Å². The Morgan fingerprint density at radius 1 is 1.32 bits per heavy atom. The highest BCUT2D eigenvalue weighted by Gasteiger charge is 2.05. The maximum atomic E-state index is 5.26. The fourth-order valence-corrected chi connectivity index (χ4v) is 1.46. The number of aryl methyl sites for hydroxylation is 1. The Kier molecular flexibility index (Phi) is 4.08. The largest absolute Gasteiger partial charge is 0.467 e. The van der Waals surface area contributed by atoms with Crippen molar-refractivity contribution in [2.45, 2.75) is 13.5 Å². The number of hydrazine groups is 1. The first-order chi connectivity index (χ1) is 9.21. The number of ether oxygens (including phenoxy) is 1. The van der Waals surface area contributed by atoms with Crippen LogP contribution in [0.3, 0.4) is 0 Å². The summed E-state index contributed by atoms with van der Waals surface area (Å²) in [6, 6.07) is 0.195. The Morgan fingerprint density at radius 3 is 2.74 bits per heavy atom. The fraction of sp³-hybridized carbons (Fsp3) is 0.400. The van der Waals surface area contributed by atoms with Gasteiger partial charge in [-0.15, -0.1) is 0 Å². The highest BCUT2D eigenvalue weighted by molar-refractivity contribution is 5.34. The van der Waals surface area contributed by atoms with Crippen LogP contribution in [0.5, 0.6) is 6.01 Å². The molecule has 2 rings (SSSR count). The number of nitrogen functional groups attached to an aromatic ring is 1. The zero-order chi connectivity index (χ0) is 13.7. The van der Waals surface area contributed by atoms with Gasteiger partial charge in [-0.25, -0.2) is 5.84 Å². The molecule has 0 aromatic carbocycles. The highest BCUT2D eigenvalue weighted by Crippen LogP contribution is 2.09. The lowest BCUT2D eigenvalue weighted by atomic mass is 10.4.